The highest BCUT2D eigenvalue weighted by Crippen LogP contribution is 2.56. The number of rotatable bonds is 2. The molecule has 4 nitrogen and oxygen atoms in total. The summed E-state index contributed by atoms with van der Waals surface area (Å²) in [7, 11) is 0. The zero-order valence-corrected chi connectivity index (χ0v) is 7.43. The molecule has 0 unspecified atom stereocenters. The van der Waals surface area contributed by atoms with Crippen LogP contribution in [0, 0.1) is 10.8 Å². The van der Waals surface area contributed by atoms with Crippen LogP contribution in [0.4, 0.5) is 0 Å². The third-order valence-electron chi connectivity index (χ3n) is 3.25. The summed E-state index contributed by atoms with van der Waals surface area (Å²) in [5.41, 5.74) is -2.50. The first-order chi connectivity index (χ1) is 6.55. The van der Waals surface area contributed by atoms with Crippen LogP contribution < -0.4 is 0 Å². The number of fused-ring (bicyclic) bond motifs is 1. The Kier molecular flexibility index (Phi) is 1.58. The van der Waals surface area contributed by atoms with E-state index in [9.17, 15) is 9.59 Å². The number of hydrogen-bond acceptors (Lipinski definition) is 2. The lowest BCUT2D eigenvalue weighted by Gasteiger charge is -2.32. The van der Waals surface area contributed by atoms with Gasteiger partial charge in [0.2, 0.25) is 0 Å². The van der Waals surface area contributed by atoms with Gasteiger partial charge in [0.1, 0.15) is 5.41 Å². The number of carboxylic acid groups (broad SMARTS) is 2. The third kappa shape index (κ3) is 0.737. The maximum absolute atomic E-state index is 11.2. The Labute approximate surface area is 80.5 Å². The molecule has 0 heterocycles. The van der Waals surface area contributed by atoms with E-state index in [4.69, 9.17) is 10.2 Å². The van der Waals surface area contributed by atoms with Crippen molar-refractivity contribution in [2.75, 3.05) is 0 Å². The van der Waals surface area contributed by atoms with Crippen LogP contribution in [0.15, 0.2) is 24.3 Å². The van der Waals surface area contributed by atoms with E-state index in [1.54, 1.807) is 12.2 Å². The van der Waals surface area contributed by atoms with Crippen molar-refractivity contribution in [2.45, 2.75) is 12.8 Å². The van der Waals surface area contributed by atoms with Gasteiger partial charge in [-0.1, -0.05) is 24.3 Å². The molecule has 14 heavy (non-hydrogen) atoms. The minimum atomic E-state index is -1.32. The molecule has 0 aromatic heterocycles. The van der Waals surface area contributed by atoms with Gasteiger partial charge in [0.15, 0.2) is 0 Å². The third-order valence-corrected chi connectivity index (χ3v) is 3.25. The molecule has 4 heteroatoms. The quantitative estimate of drug-likeness (QED) is 0.644. The lowest BCUT2D eigenvalue weighted by atomic mass is 9.67. The maximum atomic E-state index is 11.2. The topological polar surface area (TPSA) is 74.6 Å². The predicted molar refractivity (Wildman–Crippen MR) is 47.7 cm³/mol. The summed E-state index contributed by atoms with van der Waals surface area (Å²) in [4.78, 5) is 22.3. The molecule has 0 aromatic rings. The van der Waals surface area contributed by atoms with Crippen molar-refractivity contribution < 1.29 is 19.8 Å². The number of hydrogen-bond donors (Lipinski definition) is 2. The fourth-order valence-electron chi connectivity index (χ4n) is 2.39. The molecular formula is C10H10O4. The minimum Gasteiger partial charge on any atom is -0.481 e. The second kappa shape index (κ2) is 2.47. The van der Waals surface area contributed by atoms with E-state index in [1.807, 2.05) is 0 Å². The second-order valence-electron chi connectivity index (χ2n) is 3.77. The summed E-state index contributed by atoms with van der Waals surface area (Å²) in [5.74, 6) is -2.11. The SMILES string of the molecule is O=C(O)C12C=CCC1(C(=O)O)CC=C2. The van der Waals surface area contributed by atoms with Crippen LogP contribution in [0.2, 0.25) is 0 Å². The molecule has 2 N–H and O–H groups in total. The van der Waals surface area contributed by atoms with Gasteiger partial charge in [-0.05, 0) is 12.8 Å². The van der Waals surface area contributed by atoms with Crippen molar-refractivity contribution in [3.05, 3.63) is 24.3 Å². The standard InChI is InChI=1S/C10H10O4/c11-7(12)9-3-1-4-10(9,8(13)14)6-2-5-9/h1-3,5H,4,6H2,(H,11,12)(H,13,14). The van der Waals surface area contributed by atoms with Crippen molar-refractivity contribution in [1.82, 2.24) is 0 Å². The monoisotopic (exact) mass is 194 g/mol. The Balaban J connectivity index is 2.56. The average molecular weight is 194 g/mol. The van der Waals surface area contributed by atoms with Gasteiger partial charge in [0.05, 0.1) is 5.41 Å². The number of carbonyl (C=O) groups is 2. The molecule has 2 aliphatic carbocycles. The van der Waals surface area contributed by atoms with E-state index in [1.165, 1.54) is 12.2 Å². The zero-order valence-electron chi connectivity index (χ0n) is 7.43. The van der Waals surface area contributed by atoms with Crippen LogP contribution in [0.5, 0.6) is 0 Å². The molecule has 0 amide bonds. The fourth-order valence-corrected chi connectivity index (χ4v) is 2.39. The van der Waals surface area contributed by atoms with Gasteiger partial charge in [-0.15, -0.1) is 0 Å². The van der Waals surface area contributed by atoms with Crippen molar-refractivity contribution >= 4 is 11.9 Å². The van der Waals surface area contributed by atoms with Crippen molar-refractivity contribution in [2.24, 2.45) is 10.8 Å². The van der Waals surface area contributed by atoms with Gasteiger partial charge >= 0.3 is 11.9 Å². The molecular weight excluding hydrogens is 184 g/mol. The number of allylic oxidation sites excluding steroid dienone is 2. The normalized spacial score (nSPS) is 38.6. The fraction of sp³-hybridized carbons (Fsp3) is 0.400. The molecule has 0 saturated carbocycles. The highest BCUT2D eigenvalue weighted by atomic mass is 16.4. The van der Waals surface area contributed by atoms with E-state index in [-0.39, 0.29) is 0 Å². The summed E-state index contributed by atoms with van der Waals surface area (Å²) in [6, 6.07) is 0. The highest BCUT2D eigenvalue weighted by Gasteiger charge is 2.62. The van der Waals surface area contributed by atoms with E-state index in [2.05, 4.69) is 0 Å². The van der Waals surface area contributed by atoms with Gasteiger partial charge in [-0.2, -0.15) is 0 Å². The second-order valence-corrected chi connectivity index (χ2v) is 3.77. The van der Waals surface area contributed by atoms with Crippen molar-refractivity contribution in [3.63, 3.8) is 0 Å². The van der Waals surface area contributed by atoms with Gasteiger partial charge in [-0.3, -0.25) is 9.59 Å². The number of carboxylic acids is 2. The Morgan fingerprint density at radius 2 is 1.50 bits per heavy atom. The average Bonchev–Trinajstić information content (AvgIpc) is 2.56. The van der Waals surface area contributed by atoms with Gasteiger partial charge in [0, 0.05) is 0 Å². The summed E-state index contributed by atoms with van der Waals surface area (Å²) < 4.78 is 0. The molecule has 0 aromatic carbocycles. The Morgan fingerprint density at radius 1 is 1.00 bits per heavy atom. The summed E-state index contributed by atoms with van der Waals surface area (Å²) in [6.45, 7) is 0. The lowest BCUT2D eigenvalue weighted by molar-refractivity contribution is -0.163. The smallest absolute Gasteiger partial charge is 0.318 e. The van der Waals surface area contributed by atoms with E-state index in [0.29, 0.717) is 12.8 Å². The summed E-state index contributed by atoms with van der Waals surface area (Å²) >= 11 is 0. The summed E-state index contributed by atoms with van der Waals surface area (Å²) in [6.07, 6.45) is 6.86. The molecule has 0 bridgehead atoms. The molecule has 0 saturated heterocycles. The van der Waals surface area contributed by atoms with Crippen LogP contribution >= 0.6 is 0 Å². The molecule has 0 radical (unpaired) electrons. The van der Waals surface area contributed by atoms with Crippen LogP contribution in [-0.4, -0.2) is 22.2 Å². The van der Waals surface area contributed by atoms with Gasteiger partial charge < -0.3 is 10.2 Å². The van der Waals surface area contributed by atoms with E-state index in [0.717, 1.165) is 0 Å². The van der Waals surface area contributed by atoms with E-state index >= 15 is 0 Å². The molecule has 2 aliphatic rings. The van der Waals surface area contributed by atoms with Crippen molar-refractivity contribution in [3.8, 4) is 0 Å². The first kappa shape index (κ1) is 8.99. The molecule has 0 spiro atoms. The Hall–Kier alpha value is -1.58. The summed E-state index contributed by atoms with van der Waals surface area (Å²) in [5, 5.41) is 18.3. The van der Waals surface area contributed by atoms with Gasteiger partial charge in [0.25, 0.3) is 0 Å². The van der Waals surface area contributed by atoms with Crippen LogP contribution in [0.3, 0.4) is 0 Å². The molecule has 2 rings (SSSR count). The maximum Gasteiger partial charge on any atom is 0.318 e. The lowest BCUT2D eigenvalue weighted by Crippen LogP contribution is -2.45. The first-order valence-electron chi connectivity index (χ1n) is 4.37. The predicted octanol–water partition coefficient (Wildman–Crippen LogP) is 1.05. The van der Waals surface area contributed by atoms with E-state index < -0.39 is 22.8 Å². The molecule has 74 valence electrons. The van der Waals surface area contributed by atoms with Gasteiger partial charge in [-0.25, -0.2) is 0 Å². The molecule has 0 atom stereocenters. The minimum absolute atomic E-state index is 0.293. The Morgan fingerprint density at radius 3 is 1.79 bits per heavy atom. The van der Waals surface area contributed by atoms with Crippen LogP contribution in [0.1, 0.15) is 12.8 Å². The highest BCUT2D eigenvalue weighted by molar-refractivity contribution is 5.92. The van der Waals surface area contributed by atoms with Crippen LogP contribution in [0.25, 0.3) is 0 Å². The largest absolute Gasteiger partial charge is 0.481 e. The number of aliphatic carboxylic acids is 2. The first-order valence-corrected chi connectivity index (χ1v) is 4.37. The molecule has 0 fully saturated rings. The van der Waals surface area contributed by atoms with Crippen molar-refractivity contribution in [1.29, 1.82) is 0 Å². The Bertz CT molecular complexity index is 348. The molecule has 0 aliphatic heterocycles. The zero-order chi connectivity index (χ0) is 10.4. The van der Waals surface area contributed by atoms with Crippen LogP contribution in [-0.2, 0) is 9.59 Å².